The van der Waals surface area contributed by atoms with E-state index in [0.717, 1.165) is 48.9 Å². The van der Waals surface area contributed by atoms with Crippen molar-refractivity contribution in [2.24, 2.45) is 5.92 Å². The Kier molecular flexibility index (Phi) is 6.57. The van der Waals surface area contributed by atoms with E-state index in [1.807, 2.05) is 30.5 Å². The standard InChI is InChI=1S/C20H25ClN4O3/c1-22-18(26)13-25(20(27)28)11-7-14-5-9-24(10-6-14)19-17-12-16(21)3-2-15(17)4-8-23-19/h2-4,8,12,14H,5-7,9-11,13H2,1H3,(H,22,26)(H,27,28). The quantitative estimate of drug-likeness (QED) is 0.772. The molecule has 28 heavy (non-hydrogen) atoms. The fourth-order valence-electron chi connectivity index (χ4n) is 3.64. The van der Waals surface area contributed by atoms with Crippen LogP contribution in [0.3, 0.4) is 0 Å². The smallest absolute Gasteiger partial charge is 0.407 e. The SMILES string of the molecule is CNC(=O)CN(CCC1CCN(c2nccc3ccc(Cl)cc23)CC1)C(=O)O. The molecule has 1 aromatic heterocycles. The lowest BCUT2D eigenvalue weighted by Crippen LogP contribution is -2.41. The second kappa shape index (κ2) is 9.10. The molecule has 7 nitrogen and oxygen atoms in total. The molecule has 8 heteroatoms. The van der Waals surface area contributed by atoms with Crippen molar-refractivity contribution in [3.05, 3.63) is 35.5 Å². The van der Waals surface area contributed by atoms with Crippen LogP contribution in [0.1, 0.15) is 19.3 Å². The fourth-order valence-corrected chi connectivity index (χ4v) is 3.82. The molecule has 0 radical (unpaired) electrons. The van der Waals surface area contributed by atoms with Crippen molar-refractivity contribution in [2.45, 2.75) is 19.3 Å². The molecule has 1 aliphatic rings. The lowest BCUT2D eigenvalue weighted by molar-refractivity contribution is -0.121. The molecular formula is C20H25ClN4O3. The van der Waals surface area contributed by atoms with Crippen molar-refractivity contribution in [3.8, 4) is 0 Å². The molecular weight excluding hydrogens is 380 g/mol. The summed E-state index contributed by atoms with van der Waals surface area (Å²) < 4.78 is 0. The summed E-state index contributed by atoms with van der Waals surface area (Å²) >= 11 is 6.17. The predicted molar refractivity (Wildman–Crippen MR) is 110 cm³/mol. The van der Waals surface area contributed by atoms with Gasteiger partial charge >= 0.3 is 6.09 Å². The number of nitrogens with zero attached hydrogens (tertiary/aromatic N) is 3. The molecule has 0 aliphatic carbocycles. The molecule has 1 aromatic carbocycles. The maximum Gasteiger partial charge on any atom is 0.407 e. The van der Waals surface area contributed by atoms with Crippen LogP contribution in [0.4, 0.5) is 10.6 Å². The maximum atomic E-state index is 11.5. The van der Waals surface area contributed by atoms with Crippen LogP contribution in [0.5, 0.6) is 0 Å². The average molecular weight is 405 g/mol. The van der Waals surface area contributed by atoms with E-state index in [-0.39, 0.29) is 12.5 Å². The number of carbonyl (C=O) groups is 2. The highest BCUT2D eigenvalue weighted by Gasteiger charge is 2.23. The van der Waals surface area contributed by atoms with Crippen molar-refractivity contribution in [1.82, 2.24) is 15.2 Å². The molecule has 150 valence electrons. The van der Waals surface area contributed by atoms with Gasteiger partial charge in [0.05, 0.1) is 0 Å². The number of hydrogen-bond donors (Lipinski definition) is 2. The summed E-state index contributed by atoms with van der Waals surface area (Å²) in [4.78, 5) is 30.8. The summed E-state index contributed by atoms with van der Waals surface area (Å²) in [5.74, 6) is 1.09. The van der Waals surface area contributed by atoms with Crippen LogP contribution in [-0.4, -0.2) is 60.2 Å². The number of pyridine rings is 1. The number of carboxylic acid groups (broad SMARTS) is 1. The molecule has 0 saturated carbocycles. The van der Waals surface area contributed by atoms with Gasteiger partial charge in [-0.25, -0.2) is 9.78 Å². The Bertz CT molecular complexity index is 852. The minimum absolute atomic E-state index is 0.120. The Morgan fingerprint density at radius 2 is 2.07 bits per heavy atom. The first-order valence-corrected chi connectivity index (χ1v) is 9.83. The third-order valence-electron chi connectivity index (χ3n) is 5.31. The van der Waals surface area contributed by atoms with Crippen LogP contribution in [0, 0.1) is 5.92 Å². The molecule has 3 rings (SSSR count). The summed E-state index contributed by atoms with van der Waals surface area (Å²) in [6.45, 7) is 1.98. The van der Waals surface area contributed by atoms with E-state index in [1.54, 1.807) is 0 Å². The van der Waals surface area contributed by atoms with Gasteiger partial charge in [0.15, 0.2) is 0 Å². The van der Waals surface area contributed by atoms with E-state index in [9.17, 15) is 14.7 Å². The number of hydrogen-bond acceptors (Lipinski definition) is 4. The summed E-state index contributed by atoms with van der Waals surface area (Å²) in [5.41, 5.74) is 0. The number of carbonyl (C=O) groups excluding carboxylic acids is 1. The fraction of sp³-hybridized carbons (Fsp3) is 0.450. The van der Waals surface area contributed by atoms with Gasteiger partial charge < -0.3 is 15.3 Å². The van der Waals surface area contributed by atoms with Gasteiger partial charge in [-0.2, -0.15) is 0 Å². The number of rotatable bonds is 6. The number of piperidine rings is 1. The van der Waals surface area contributed by atoms with Gasteiger partial charge in [-0.1, -0.05) is 17.7 Å². The van der Waals surface area contributed by atoms with E-state index in [2.05, 4.69) is 15.2 Å². The van der Waals surface area contributed by atoms with Crippen LogP contribution < -0.4 is 10.2 Å². The Hall–Kier alpha value is -2.54. The lowest BCUT2D eigenvalue weighted by atomic mass is 9.93. The van der Waals surface area contributed by atoms with Crippen molar-refractivity contribution >= 4 is 40.2 Å². The van der Waals surface area contributed by atoms with E-state index < -0.39 is 6.09 Å². The molecule has 0 atom stereocenters. The highest BCUT2D eigenvalue weighted by atomic mass is 35.5. The molecule has 1 aliphatic heterocycles. The van der Waals surface area contributed by atoms with Crippen LogP contribution in [-0.2, 0) is 4.79 Å². The van der Waals surface area contributed by atoms with Gasteiger partial charge in [0.1, 0.15) is 12.4 Å². The molecule has 2 heterocycles. The average Bonchev–Trinajstić information content (AvgIpc) is 2.70. The van der Waals surface area contributed by atoms with Crippen molar-refractivity contribution in [1.29, 1.82) is 0 Å². The van der Waals surface area contributed by atoms with Gasteiger partial charge in [0.25, 0.3) is 0 Å². The zero-order valence-corrected chi connectivity index (χ0v) is 16.7. The number of nitrogens with one attached hydrogen (secondary N) is 1. The topological polar surface area (TPSA) is 85.8 Å². The first-order chi connectivity index (χ1) is 13.5. The Balaban J connectivity index is 1.58. The molecule has 1 saturated heterocycles. The molecule has 1 fully saturated rings. The molecule has 0 spiro atoms. The molecule has 0 unspecified atom stereocenters. The number of aromatic nitrogens is 1. The Morgan fingerprint density at radius 1 is 1.32 bits per heavy atom. The minimum Gasteiger partial charge on any atom is -0.465 e. The first kappa shape index (κ1) is 20.2. The molecule has 2 amide bonds. The summed E-state index contributed by atoms with van der Waals surface area (Å²) in [7, 11) is 1.51. The summed E-state index contributed by atoms with van der Waals surface area (Å²) in [6, 6.07) is 7.82. The summed E-state index contributed by atoms with van der Waals surface area (Å²) in [5, 5.41) is 14.6. The van der Waals surface area contributed by atoms with Gasteiger partial charge in [-0.05, 0) is 48.8 Å². The van der Waals surface area contributed by atoms with Gasteiger partial charge in [-0.15, -0.1) is 0 Å². The van der Waals surface area contributed by atoms with Crippen LogP contribution >= 0.6 is 11.6 Å². The van der Waals surface area contributed by atoms with E-state index in [4.69, 9.17) is 11.6 Å². The highest BCUT2D eigenvalue weighted by Crippen LogP contribution is 2.31. The zero-order valence-electron chi connectivity index (χ0n) is 15.9. The first-order valence-electron chi connectivity index (χ1n) is 9.45. The lowest BCUT2D eigenvalue weighted by Gasteiger charge is -2.34. The van der Waals surface area contributed by atoms with Crippen molar-refractivity contribution < 1.29 is 14.7 Å². The number of amides is 2. The van der Waals surface area contributed by atoms with Gasteiger partial charge in [0.2, 0.25) is 5.91 Å². The second-order valence-electron chi connectivity index (χ2n) is 7.10. The minimum atomic E-state index is -1.06. The maximum absolute atomic E-state index is 11.5. The molecule has 2 N–H and O–H groups in total. The van der Waals surface area contributed by atoms with Crippen molar-refractivity contribution in [2.75, 3.05) is 38.1 Å². The van der Waals surface area contributed by atoms with E-state index in [1.165, 1.54) is 11.9 Å². The zero-order chi connectivity index (χ0) is 20.1. The van der Waals surface area contributed by atoms with E-state index in [0.29, 0.717) is 17.5 Å². The highest BCUT2D eigenvalue weighted by molar-refractivity contribution is 6.31. The Labute approximate surface area is 169 Å². The number of benzene rings is 1. The second-order valence-corrected chi connectivity index (χ2v) is 7.53. The van der Waals surface area contributed by atoms with E-state index >= 15 is 0 Å². The van der Waals surface area contributed by atoms with Crippen LogP contribution in [0.25, 0.3) is 10.8 Å². The number of anilines is 1. The predicted octanol–water partition coefficient (Wildman–Crippen LogP) is 3.22. The molecule has 0 bridgehead atoms. The van der Waals surface area contributed by atoms with Crippen LogP contribution in [0.15, 0.2) is 30.5 Å². The molecule has 2 aromatic rings. The van der Waals surface area contributed by atoms with Crippen LogP contribution in [0.2, 0.25) is 5.02 Å². The largest absolute Gasteiger partial charge is 0.465 e. The van der Waals surface area contributed by atoms with Crippen molar-refractivity contribution in [3.63, 3.8) is 0 Å². The van der Waals surface area contributed by atoms with Gasteiger partial charge in [0, 0.05) is 43.3 Å². The summed E-state index contributed by atoms with van der Waals surface area (Å²) in [6.07, 6.45) is 3.45. The van der Waals surface area contributed by atoms with Gasteiger partial charge in [-0.3, -0.25) is 9.69 Å². The number of fused-ring (bicyclic) bond motifs is 1. The third-order valence-corrected chi connectivity index (χ3v) is 5.55. The normalized spacial score (nSPS) is 14.9. The number of likely N-dealkylation sites (N-methyl/N-ethyl adjacent to an activating group) is 1. The monoisotopic (exact) mass is 404 g/mol. The number of halogens is 1. The Morgan fingerprint density at radius 3 is 2.75 bits per heavy atom. The third kappa shape index (κ3) is 4.84.